The smallest absolute Gasteiger partial charge is 0.190 e. The van der Waals surface area contributed by atoms with Gasteiger partial charge in [-0.15, -0.1) is 11.3 Å². The molecule has 94 valence electrons. The lowest BCUT2D eigenvalue weighted by molar-refractivity contribution is 0.664. The fraction of sp³-hybridized carbons (Fsp3) is 0.417. The van der Waals surface area contributed by atoms with Gasteiger partial charge in [-0.1, -0.05) is 0 Å². The first-order chi connectivity index (χ1) is 8.78. The van der Waals surface area contributed by atoms with E-state index in [1.54, 1.807) is 11.3 Å². The van der Waals surface area contributed by atoms with Crippen molar-refractivity contribution >= 4 is 17.2 Å². The highest BCUT2D eigenvalue weighted by Crippen LogP contribution is 2.29. The molecule has 1 aliphatic rings. The second kappa shape index (κ2) is 4.62. The minimum absolute atomic E-state index is 0.682. The van der Waals surface area contributed by atoms with Crippen LogP contribution in [0.25, 0.3) is 10.8 Å². The summed E-state index contributed by atoms with van der Waals surface area (Å²) in [5, 5.41) is 2.87. The van der Waals surface area contributed by atoms with Gasteiger partial charge in [0.15, 0.2) is 10.8 Å². The summed E-state index contributed by atoms with van der Waals surface area (Å²) in [5.74, 6) is 7.00. The Morgan fingerprint density at radius 2 is 2.06 bits per heavy atom. The standard InChI is InChI=1S/C12H15N5S/c1-7-6-18-12(14-7)11-15-9-5-3-2-4-8(9)10(16-11)17-13/h6H,2-5,13H2,1H3,(H,15,16,17). The summed E-state index contributed by atoms with van der Waals surface area (Å²) in [6.45, 7) is 1.97. The molecule has 0 saturated heterocycles. The van der Waals surface area contributed by atoms with Crippen LogP contribution in [0.4, 0.5) is 5.82 Å². The van der Waals surface area contributed by atoms with Gasteiger partial charge >= 0.3 is 0 Å². The van der Waals surface area contributed by atoms with E-state index in [1.165, 1.54) is 18.4 Å². The molecule has 0 aromatic carbocycles. The van der Waals surface area contributed by atoms with Crippen molar-refractivity contribution in [3.63, 3.8) is 0 Å². The van der Waals surface area contributed by atoms with Gasteiger partial charge in [0.05, 0.1) is 0 Å². The molecule has 1 aliphatic carbocycles. The molecule has 5 nitrogen and oxygen atoms in total. The van der Waals surface area contributed by atoms with Crippen LogP contribution < -0.4 is 11.3 Å². The zero-order valence-corrected chi connectivity index (χ0v) is 11.0. The average molecular weight is 261 g/mol. The van der Waals surface area contributed by atoms with Gasteiger partial charge in [-0.25, -0.2) is 20.8 Å². The number of rotatable bonds is 2. The molecule has 0 radical (unpaired) electrons. The van der Waals surface area contributed by atoms with E-state index in [4.69, 9.17) is 5.84 Å². The molecule has 0 fully saturated rings. The molecule has 6 heteroatoms. The van der Waals surface area contributed by atoms with Crippen LogP contribution in [0.15, 0.2) is 5.38 Å². The molecule has 0 amide bonds. The van der Waals surface area contributed by atoms with Crippen molar-refractivity contribution in [3.05, 3.63) is 22.3 Å². The topological polar surface area (TPSA) is 76.7 Å². The van der Waals surface area contributed by atoms with E-state index in [-0.39, 0.29) is 0 Å². The van der Waals surface area contributed by atoms with Crippen molar-refractivity contribution in [3.8, 4) is 10.8 Å². The maximum absolute atomic E-state index is 5.57. The van der Waals surface area contributed by atoms with E-state index in [1.807, 2.05) is 12.3 Å². The first kappa shape index (κ1) is 11.6. The molecule has 0 atom stereocenters. The Kier molecular flexibility index (Phi) is 2.97. The third kappa shape index (κ3) is 1.97. The van der Waals surface area contributed by atoms with Crippen LogP contribution >= 0.6 is 11.3 Å². The first-order valence-corrected chi connectivity index (χ1v) is 6.95. The molecular formula is C12H15N5S. The molecule has 0 bridgehead atoms. The van der Waals surface area contributed by atoms with E-state index in [9.17, 15) is 0 Å². The molecule has 2 aromatic rings. The average Bonchev–Trinajstić information content (AvgIpc) is 2.84. The lowest BCUT2D eigenvalue weighted by Gasteiger charge is -2.18. The number of nitrogen functional groups attached to an aromatic ring is 1. The molecule has 2 heterocycles. The van der Waals surface area contributed by atoms with E-state index in [0.717, 1.165) is 35.1 Å². The van der Waals surface area contributed by atoms with Crippen LogP contribution in [0.1, 0.15) is 29.8 Å². The third-order valence-electron chi connectivity index (χ3n) is 3.13. The SMILES string of the molecule is Cc1csc(-c2nc3c(c(NN)n2)CCCC3)n1. The van der Waals surface area contributed by atoms with Gasteiger partial charge in [0, 0.05) is 22.3 Å². The monoisotopic (exact) mass is 261 g/mol. The van der Waals surface area contributed by atoms with Gasteiger partial charge in [-0.3, -0.25) is 0 Å². The Morgan fingerprint density at radius 3 is 2.78 bits per heavy atom. The molecule has 0 unspecified atom stereocenters. The number of thiazole rings is 1. The largest absolute Gasteiger partial charge is 0.308 e. The predicted molar refractivity (Wildman–Crippen MR) is 72.3 cm³/mol. The molecule has 3 rings (SSSR count). The number of anilines is 1. The van der Waals surface area contributed by atoms with E-state index in [0.29, 0.717) is 5.82 Å². The minimum atomic E-state index is 0.682. The fourth-order valence-electron chi connectivity index (χ4n) is 2.27. The summed E-state index contributed by atoms with van der Waals surface area (Å²) in [4.78, 5) is 13.6. The van der Waals surface area contributed by atoms with Crippen molar-refractivity contribution in [1.29, 1.82) is 0 Å². The van der Waals surface area contributed by atoms with E-state index >= 15 is 0 Å². The Balaban J connectivity index is 2.11. The second-order valence-corrected chi connectivity index (χ2v) is 5.32. The van der Waals surface area contributed by atoms with Crippen LogP contribution in [-0.4, -0.2) is 15.0 Å². The highest BCUT2D eigenvalue weighted by atomic mass is 32.1. The van der Waals surface area contributed by atoms with Crippen molar-refractivity contribution < 1.29 is 0 Å². The van der Waals surface area contributed by atoms with Crippen molar-refractivity contribution in [2.24, 2.45) is 5.84 Å². The van der Waals surface area contributed by atoms with Crippen molar-refractivity contribution in [1.82, 2.24) is 15.0 Å². The highest BCUT2D eigenvalue weighted by molar-refractivity contribution is 7.13. The predicted octanol–water partition coefficient (Wildman–Crippen LogP) is 2.07. The number of nitrogens with zero attached hydrogens (tertiary/aromatic N) is 3. The fourth-order valence-corrected chi connectivity index (χ4v) is 2.99. The summed E-state index contributed by atoms with van der Waals surface area (Å²) < 4.78 is 0. The Bertz CT molecular complexity index is 561. The van der Waals surface area contributed by atoms with Crippen LogP contribution in [0, 0.1) is 6.92 Å². The number of hydrogen-bond acceptors (Lipinski definition) is 6. The molecular weight excluding hydrogens is 246 g/mol. The van der Waals surface area contributed by atoms with E-state index < -0.39 is 0 Å². The Morgan fingerprint density at radius 1 is 1.22 bits per heavy atom. The van der Waals surface area contributed by atoms with Crippen LogP contribution in [-0.2, 0) is 12.8 Å². The summed E-state index contributed by atoms with van der Waals surface area (Å²) in [5.41, 5.74) is 5.98. The molecule has 0 spiro atoms. The third-order valence-corrected chi connectivity index (χ3v) is 4.09. The number of hydrazine groups is 1. The molecule has 0 aliphatic heterocycles. The summed E-state index contributed by atoms with van der Waals surface area (Å²) in [6.07, 6.45) is 4.38. The molecule has 2 aromatic heterocycles. The zero-order valence-electron chi connectivity index (χ0n) is 10.2. The quantitative estimate of drug-likeness (QED) is 0.639. The van der Waals surface area contributed by atoms with Crippen LogP contribution in [0.2, 0.25) is 0 Å². The number of hydrogen-bond donors (Lipinski definition) is 2. The molecule has 0 saturated carbocycles. The number of fused-ring (bicyclic) bond motifs is 1. The van der Waals surface area contributed by atoms with Crippen molar-refractivity contribution in [2.75, 3.05) is 5.43 Å². The Labute approximate surface area is 109 Å². The summed E-state index contributed by atoms with van der Waals surface area (Å²) in [6, 6.07) is 0. The van der Waals surface area contributed by atoms with Crippen LogP contribution in [0.3, 0.4) is 0 Å². The maximum Gasteiger partial charge on any atom is 0.190 e. The molecule has 18 heavy (non-hydrogen) atoms. The lowest BCUT2D eigenvalue weighted by Crippen LogP contribution is -2.17. The Hall–Kier alpha value is -1.53. The minimum Gasteiger partial charge on any atom is -0.308 e. The van der Waals surface area contributed by atoms with Gasteiger partial charge in [0.2, 0.25) is 0 Å². The first-order valence-electron chi connectivity index (χ1n) is 6.07. The van der Waals surface area contributed by atoms with Gasteiger partial charge in [-0.2, -0.15) is 0 Å². The number of nitrogens with two attached hydrogens (primary N) is 1. The maximum atomic E-state index is 5.57. The highest BCUT2D eigenvalue weighted by Gasteiger charge is 2.18. The number of aryl methyl sites for hydroxylation is 2. The van der Waals surface area contributed by atoms with Gasteiger partial charge in [-0.05, 0) is 32.6 Å². The lowest BCUT2D eigenvalue weighted by atomic mass is 9.96. The summed E-state index contributed by atoms with van der Waals surface area (Å²) in [7, 11) is 0. The zero-order chi connectivity index (χ0) is 12.5. The van der Waals surface area contributed by atoms with Gasteiger partial charge in [0.1, 0.15) is 5.82 Å². The second-order valence-electron chi connectivity index (χ2n) is 4.47. The van der Waals surface area contributed by atoms with Crippen LogP contribution in [0.5, 0.6) is 0 Å². The number of aromatic nitrogens is 3. The van der Waals surface area contributed by atoms with E-state index in [2.05, 4.69) is 20.4 Å². The van der Waals surface area contributed by atoms with Gasteiger partial charge in [0.25, 0.3) is 0 Å². The van der Waals surface area contributed by atoms with Crippen molar-refractivity contribution in [2.45, 2.75) is 32.6 Å². The normalized spacial score (nSPS) is 14.3. The molecule has 3 N–H and O–H groups in total. The number of nitrogens with one attached hydrogen (secondary N) is 1. The summed E-state index contributed by atoms with van der Waals surface area (Å²) >= 11 is 1.57. The van der Waals surface area contributed by atoms with Gasteiger partial charge < -0.3 is 5.43 Å².